The van der Waals surface area contributed by atoms with Crippen molar-refractivity contribution in [1.29, 1.82) is 0 Å². The van der Waals surface area contributed by atoms with Gasteiger partial charge in [0.05, 0.1) is 19.0 Å². The summed E-state index contributed by atoms with van der Waals surface area (Å²) in [4.78, 5) is 0. The highest BCUT2D eigenvalue weighted by atomic mass is 32.2. The molecular weight excluding hydrogens is 321 g/mol. The van der Waals surface area contributed by atoms with E-state index in [-0.39, 0.29) is 11.8 Å². The van der Waals surface area contributed by atoms with Gasteiger partial charge in [-0.05, 0) is 43.4 Å². The van der Waals surface area contributed by atoms with E-state index in [1.807, 2.05) is 0 Å². The van der Waals surface area contributed by atoms with Crippen molar-refractivity contribution in [1.82, 2.24) is 0 Å². The first-order valence-electron chi connectivity index (χ1n) is 7.73. The summed E-state index contributed by atoms with van der Waals surface area (Å²) in [5, 5.41) is 0. The molecule has 4 nitrogen and oxygen atoms in total. The van der Waals surface area contributed by atoms with Crippen molar-refractivity contribution in [3.63, 3.8) is 0 Å². The van der Waals surface area contributed by atoms with Crippen LogP contribution in [0.1, 0.15) is 32.1 Å². The largest absolute Gasteiger partial charge is 0.497 e. The van der Waals surface area contributed by atoms with E-state index in [2.05, 4.69) is 0 Å². The van der Waals surface area contributed by atoms with Crippen molar-refractivity contribution in [2.24, 2.45) is 23.2 Å². The number of ether oxygens (including phenoxy) is 2. The highest BCUT2D eigenvalue weighted by Crippen LogP contribution is 2.66. The van der Waals surface area contributed by atoms with Crippen molar-refractivity contribution in [2.45, 2.75) is 43.4 Å². The van der Waals surface area contributed by atoms with Crippen LogP contribution in [0.25, 0.3) is 0 Å². The van der Waals surface area contributed by atoms with Gasteiger partial charge < -0.3 is 9.47 Å². The molecule has 1 saturated heterocycles. The predicted octanol–water partition coefficient (Wildman–Crippen LogP) is 2.49. The van der Waals surface area contributed by atoms with Gasteiger partial charge >= 0.3 is 5.51 Å². The Morgan fingerprint density at radius 2 is 1.55 bits per heavy atom. The molecule has 1 heterocycles. The second-order valence-electron chi connectivity index (χ2n) is 7.47. The summed E-state index contributed by atoms with van der Waals surface area (Å²) >= 11 is 0. The maximum Gasteiger partial charge on any atom is 0.497 e. The summed E-state index contributed by atoms with van der Waals surface area (Å²) in [5.74, 6) is -1.06. The predicted molar refractivity (Wildman–Crippen MR) is 70.5 cm³/mol. The van der Waals surface area contributed by atoms with E-state index >= 15 is 0 Å². The molecule has 0 N–H and O–H groups in total. The van der Waals surface area contributed by atoms with Gasteiger partial charge in [0.2, 0.25) is 9.84 Å². The van der Waals surface area contributed by atoms with Gasteiger partial charge in [0.15, 0.2) is 5.79 Å². The van der Waals surface area contributed by atoms with Crippen LogP contribution < -0.4 is 0 Å². The normalized spacial score (nSPS) is 43.1. The van der Waals surface area contributed by atoms with E-state index in [1.165, 1.54) is 0 Å². The van der Waals surface area contributed by atoms with Crippen LogP contribution in [0.15, 0.2) is 0 Å². The van der Waals surface area contributed by atoms with Gasteiger partial charge in [0, 0.05) is 11.8 Å². The highest BCUT2D eigenvalue weighted by molar-refractivity contribution is 7.92. The maximum absolute atomic E-state index is 12.8. The fourth-order valence-corrected chi connectivity index (χ4v) is 6.99. The number of hydrogen-bond acceptors (Lipinski definition) is 4. The zero-order valence-electron chi connectivity index (χ0n) is 12.1. The third-order valence-corrected chi connectivity index (χ3v) is 7.74. The lowest BCUT2D eigenvalue weighted by Crippen LogP contribution is -2.63. The minimum Gasteiger partial charge on any atom is -0.347 e. The quantitative estimate of drug-likeness (QED) is 0.775. The lowest BCUT2D eigenvalue weighted by molar-refractivity contribution is -0.300. The van der Waals surface area contributed by atoms with Crippen molar-refractivity contribution in [3.05, 3.63) is 0 Å². The molecule has 0 radical (unpaired) electrons. The minimum atomic E-state index is -5.16. The molecule has 8 heteroatoms. The molecule has 4 bridgehead atoms. The smallest absolute Gasteiger partial charge is 0.347 e. The van der Waals surface area contributed by atoms with Crippen molar-refractivity contribution < 1.29 is 31.1 Å². The van der Waals surface area contributed by atoms with Gasteiger partial charge in [-0.3, -0.25) is 0 Å². The Morgan fingerprint density at radius 3 is 2.05 bits per heavy atom. The zero-order valence-corrected chi connectivity index (χ0v) is 12.9. The Kier molecular flexibility index (Phi) is 3.03. The molecule has 5 fully saturated rings. The van der Waals surface area contributed by atoms with Gasteiger partial charge in [-0.15, -0.1) is 0 Å². The lowest BCUT2D eigenvalue weighted by Gasteiger charge is -2.62. The first kappa shape index (κ1) is 15.2. The molecule has 5 aliphatic rings. The third kappa shape index (κ3) is 1.99. The van der Waals surface area contributed by atoms with Crippen LogP contribution in [0.3, 0.4) is 0 Å². The van der Waals surface area contributed by atoms with Gasteiger partial charge in [-0.1, -0.05) is 0 Å². The second kappa shape index (κ2) is 4.39. The van der Waals surface area contributed by atoms with Gasteiger partial charge in [-0.2, -0.15) is 13.2 Å². The number of sulfone groups is 1. The molecule has 0 aromatic rings. The fourth-order valence-electron chi connectivity index (χ4n) is 5.67. The Hall–Kier alpha value is -0.340. The highest BCUT2D eigenvalue weighted by Gasteiger charge is 2.66. The molecule has 2 unspecified atom stereocenters. The summed E-state index contributed by atoms with van der Waals surface area (Å²) in [5.41, 5.74) is -5.90. The standard InChI is InChI=1S/C14H19F3O4S/c15-14(16,17)22(18,19)8-12-5-9-3-10(6-12)13(11(4-9)7-12)20-1-2-21-13/h9-11H,1-8H2. The Balaban J connectivity index is 1.64. The average Bonchev–Trinajstić information content (AvgIpc) is 2.83. The van der Waals surface area contributed by atoms with Crippen LogP contribution in [0.2, 0.25) is 0 Å². The molecule has 1 spiro atoms. The summed E-state index contributed by atoms with van der Waals surface area (Å²) in [6.45, 7) is 1.04. The SMILES string of the molecule is O=S(=O)(CC12CC3CC(C1)C1(OCCO1)C(C3)C2)C(F)(F)F. The summed E-state index contributed by atoms with van der Waals surface area (Å²) < 4.78 is 73.4. The van der Waals surface area contributed by atoms with Crippen LogP contribution >= 0.6 is 0 Å². The first-order valence-corrected chi connectivity index (χ1v) is 9.38. The Morgan fingerprint density at radius 1 is 1.00 bits per heavy atom. The molecule has 4 saturated carbocycles. The molecule has 2 atom stereocenters. The van der Waals surface area contributed by atoms with Crippen LogP contribution in [-0.4, -0.2) is 38.7 Å². The second-order valence-corrected chi connectivity index (χ2v) is 9.45. The Bertz CT molecular complexity index is 561. The number of alkyl halides is 3. The monoisotopic (exact) mass is 340 g/mol. The van der Waals surface area contributed by atoms with Crippen LogP contribution in [0.4, 0.5) is 13.2 Å². The third-order valence-electron chi connectivity index (χ3n) is 6.04. The molecule has 5 rings (SSSR count). The first-order chi connectivity index (χ1) is 10.2. The van der Waals surface area contributed by atoms with E-state index in [0.29, 0.717) is 38.4 Å². The molecule has 0 aromatic heterocycles. The number of rotatable bonds is 2. The zero-order chi connectivity index (χ0) is 15.8. The minimum absolute atomic E-state index is 0.0321. The van der Waals surface area contributed by atoms with E-state index in [4.69, 9.17) is 9.47 Å². The summed E-state index contributed by atoms with van der Waals surface area (Å²) in [6, 6.07) is 0. The summed E-state index contributed by atoms with van der Waals surface area (Å²) in [7, 11) is -5.08. The molecule has 22 heavy (non-hydrogen) atoms. The fraction of sp³-hybridized carbons (Fsp3) is 1.00. The van der Waals surface area contributed by atoms with Gasteiger partial charge in [-0.25, -0.2) is 8.42 Å². The van der Waals surface area contributed by atoms with E-state index in [9.17, 15) is 21.6 Å². The molecule has 4 aliphatic carbocycles. The maximum atomic E-state index is 12.8. The molecule has 1 aliphatic heterocycles. The van der Waals surface area contributed by atoms with Gasteiger partial charge in [0.1, 0.15) is 0 Å². The molecular formula is C14H19F3O4S. The topological polar surface area (TPSA) is 52.6 Å². The molecule has 126 valence electrons. The van der Waals surface area contributed by atoms with E-state index in [1.54, 1.807) is 0 Å². The van der Waals surface area contributed by atoms with Crippen LogP contribution in [0.5, 0.6) is 0 Å². The van der Waals surface area contributed by atoms with E-state index in [0.717, 1.165) is 12.8 Å². The lowest BCUT2D eigenvalue weighted by atomic mass is 9.48. The van der Waals surface area contributed by atoms with Crippen molar-refractivity contribution in [3.8, 4) is 0 Å². The average molecular weight is 340 g/mol. The van der Waals surface area contributed by atoms with Crippen molar-refractivity contribution in [2.75, 3.05) is 19.0 Å². The van der Waals surface area contributed by atoms with Crippen molar-refractivity contribution >= 4 is 9.84 Å². The molecule has 0 amide bonds. The summed E-state index contributed by atoms with van der Waals surface area (Å²) in [6.07, 6.45) is 3.28. The molecule has 0 aromatic carbocycles. The Labute approximate surface area is 127 Å². The van der Waals surface area contributed by atoms with Gasteiger partial charge in [0.25, 0.3) is 0 Å². The number of hydrogen-bond donors (Lipinski definition) is 0. The number of halogens is 3. The van der Waals surface area contributed by atoms with Crippen LogP contribution in [0, 0.1) is 23.2 Å². The van der Waals surface area contributed by atoms with E-state index < -0.39 is 32.3 Å². The van der Waals surface area contributed by atoms with Crippen LogP contribution in [-0.2, 0) is 19.3 Å².